The lowest BCUT2D eigenvalue weighted by molar-refractivity contribution is -0.139. The number of esters is 1. The van der Waals surface area contributed by atoms with Gasteiger partial charge in [-0.15, -0.1) is 0 Å². The smallest absolute Gasteiger partial charge is 0.335 e. The number of carboxylic acid groups (broad SMARTS) is 1. The van der Waals surface area contributed by atoms with Gasteiger partial charge in [0.15, 0.2) is 0 Å². The average Bonchev–Trinajstić information content (AvgIpc) is 2.86. The van der Waals surface area contributed by atoms with Crippen LogP contribution >= 0.6 is 11.6 Å². The van der Waals surface area contributed by atoms with Crippen molar-refractivity contribution >= 4 is 34.4 Å². The molecule has 1 heterocycles. The maximum atomic E-state index is 11.8. The second kappa shape index (κ2) is 7.22. The van der Waals surface area contributed by atoms with Gasteiger partial charge in [-0.2, -0.15) is 0 Å². The number of fused-ring (bicyclic) bond motifs is 1. The second-order valence-electron chi connectivity index (χ2n) is 6.07. The van der Waals surface area contributed by atoms with Crippen LogP contribution in [0.25, 0.3) is 10.9 Å². The summed E-state index contributed by atoms with van der Waals surface area (Å²) in [6.07, 6.45) is 0.0877. The Kier molecular flexibility index (Phi) is 5.00. The summed E-state index contributed by atoms with van der Waals surface area (Å²) >= 11 is 6.08. The van der Waals surface area contributed by atoms with Crippen molar-refractivity contribution < 1.29 is 19.4 Å². The van der Waals surface area contributed by atoms with Crippen molar-refractivity contribution in [2.75, 3.05) is 7.11 Å². The third kappa shape index (κ3) is 3.44. The summed E-state index contributed by atoms with van der Waals surface area (Å²) in [6, 6.07) is 12.5. The zero-order chi connectivity index (χ0) is 18.8. The molecule has 3 aromatic rings. The summed E-state index contributed by atoms with van der Waals surface area (Å²) in [7, 11) is 1.34. The van der Waals surface area contributed by atoms with Gasteiger partial charge in [-0.25, -0.2) is 4.79 Å². The van der Waals surface area contributed by atoms with Gasteiger partial charge in [0.25, 0.3) is 0 Å². The fourth-order valence-corrected chi connectivity index (χ4v) is 3.36. The molecule has 26 heavy (non-hydrogen) atoms. The molecule has 0 aliphatic heterocycles. The first-order valence-electron chi connectivity index (χ1n) is 8.07. The van der Waals surface area contributed by atoms with Crippen LogP contribution in [0, 0.1) is 6.92 Å². The van der Waals surface area contributed by atoms with Crippen molar-refractivity contribution in [3.63, 3.8) is 0 Å². The maximum absolute atomic E-state index is 11.8. The molecule has 0 unspecified atom stereocenters. The van der Waals surface area contributed by atoms with E-state index in [2.05, 4.69) is 4.57 Å². The number of carbonyl (C=O) groups is 2. The number of ether oxygens (including phenoxy) is 1. The van der Waals surface area contributed by atoms with Gasteiger partial charge in [0, 0.05) is 28.2 Å². The fourth-order valence-electron chi connectivity index (χ4n) is 3.15. The average molecular weight is 372 g/mol. The van der Waals surface area contributed by atoms with Gasteiger partial charge in [-0.05, 0) is 48.4 Å². The molecule has 6 heteroatoms. The number of methoxy groups -OCH3 is 1. The molecule has 3 rings (SSSR count). The van der Waals surface area contributed by atoms with Crippen molar-refractivity contribution in [2.45, 2.75) is 19.9 Å². The quantitative estimate of drug-likeness (QED) is 0.686. The Morgan fingerprint density at radius 2 is 1.96 bits per heavy atom. The van der Waals surface area contributed by atoms with Gasteiger partial charge >= 0.3 is 11.9 Å². The highest BCUT2D eigenvalue weighted by Gasteiger charge is 2.19. The van der Waals surface area contributed by atoms with E-state index in [-0.39, 0.29) is 18.0 Å². The molecule has 0 radical (unpaired) electrons. The molecular formula is C20H18ClNO4. The van der Waals surface area contributed by atoms with E-state index in [1.807, 2.05) is 31.2 Å². The Balaban J connectivity index is 2.17. The van der Waals surface area contributed by atoms with Crippen molar-refractivity contribution in [3.8, 4) is 0 Å². The monoisotopic (exact) mass is 371 g/mol. The van der Waals surface area contributed by atoms with Gasteiger partial charge in [-0.1, -0.05) is 23.7 Å². The number of rotatable bonds is 5. The number of halogens is 1. The van der Waals surface area contributed by atoms with Crippen LogP contribution in [0.2, 0.25) is 5.02 Å². The van der Waals surface area contributed by atoms with Gasteiger partial charge in [-0.3, -0.25) is 4.79 Å². The predicted molar refractivity (Wildman–Crippen MR) is 99.9 cm³/mol. The first kappa shape index (κ1) is 18.0. The summed E-state index contributed by atoms with van der Waals surface area (Å²) in [6.45, 7) is 2.49. The number of aromatic carboxylic acids is 1. The molecule has 134 valence electrons. The zero-order valence-corrected chi connectivity index (χ0v) is 15.2. The minimum atomic E-state index is -1.00. The first-order valence-corrected chi connectivity index (χ1v) is 8.44. The molecule has 1 aromatic heterocycles. The zero-order valence-electron chi connectivity index (χ0n) is 14.5. The van der Waals surface area contributed by atoms with E-state index >= 15 is 0 Å². The van der Waals surface area contributed by atoms with E-state index in [4.69, 9.17) is 16.3 Å². The largest absolute Gasteiger partial charge is 0.478 e. The maximum Gasteiger partial charge on any atom is 0.335 e. The van der Waals surface area contributed by atoms with Gasteiger partial charge in [0.05, 0.1) is 19.1 Å². The molecule has 0 atom stereocenters. The van der Waals surface area contributed by atoms with Crippen LogP contribution in [0.4, 0.5) is 0 Å². The third-order valence-corrected chi connectivity index (χ3v) is 4.71. The number of carbonyl (C=O) groups excluding carboxylic acids is 1. The van der Waals surface area contributed by atoms with Crippen molar-refractivity contribution in [1.82, 2.24) is 4.57 Å². The molecule has 0 saturated carbocycles. The van der Waals surface area contributed by atoms with Crippen molar-refractivity contribution in [2.24, 2.45) is 0 Å². The highest BCUT2D eigenvalue weighted by molar-refractivity contribution is 6.30. The standard InChI is InChI=1S/C20H18ClNO4/c1-12-16(10-19(23)26-2)17-9-14(20(24)25)6-7-18(17)22(12)11-13-4-3-5-15(21)8-13/h3-9H,10-11H2,1-2H3,(H,24,25). The first-order chi connectivity index (χ1) is 12.4. The molecular weight excluding hydrogens is 354 g/mol. The molecule has 0 saturated heterocycles. The second-order valence-corrected chi connectivity index (χ2v) is 6.51. The van der Waals surface area contributed by atoms with Crippen molar-refractivity contribution in [1.29, 1.82) is 0 Å². The summed E-state index contributed by atoms with van der Waals surface area (Å²) in [5.41, 5.74) is 3.74. The molecule has 0 bridgehead atoms. The van der Waals surface area contributed by atoms with Crippen LogP contribution in [0.3, 0.4) is 0 Å². The van der Waals surface area contributed by atoms with E-state index < -0.39 is 5.97 Å². The highest BCUT2D eigenvalue weighted by Crippen LogP contribution is 2.29. The lowest BCUT2D eigenvalue weighted by atomic mass is 10.1. The lowest BCUT2D eigenvalue weighted by Gasteiger charge is -2.09. The van der Waals surface area contributed by atoms with Crippen LogP contribution in [-0.2, 0) is 22.5 Å². The predicted octanol–water partition coefficient (Wildman–Crippen LogP) is 4.07. The van der Waals surface area contributed by atoms with Crippen LogP contribution < -0.4 is 0 Å². The van der Waals surface area contributed by atoms with Gasteiger partial charge in [0.2, 0.25) is 0 Å². The molecule has 5 nitrogen and oxygen atoms in total. The van der Waals surface area contributed by atoms with Crippen LogP contribution in [0.15, 0.2) is 42.5 Å². The van der Waals surface area contributed by atoms with E-state index in [0.717, 1.165) is 27.7 Å². The Bertz CT molecular complexity index is 1010. The van der Waals surface area contributed by atoms with E-state index in [1.165, 1.54) is 7.11 Å². The Morgan fingerprint density at radius 3 is 2.62 bits per heavy atom. The highest BCUT2D eigenvalue weighted by atomic mass is 35.5. The Hall–Kier alpha value is -2.79. The number of hydrogen-bond donors (Lipinski definition) is 1. The number of aromatic nitrogens is 1. The van der Waals surface area contributed by atoms with E-state index in [1.54, 1.807) is 18.2 Å². The normalized spacial score (nSPS) is 10.9. The number of carboxylic acids is 1. The minimum absolute atomic E-state index is 0.0877. The van der Waals surface area contributed by atoms with Gasteiger partial charge in [0.1, 0.15) is 0 Å². The van der Waals surface area contributed by atoms with Crippen molar-refractivity contribution in [3.05, 3.63) is 69.9 Å². The SMILES string of the molecule is COC(=O)Cc1c(C)n(Cc2cccc(Cl)c2)c2ccc(C(=O)O)cc12. The number of hydrogen-bond acceptors (Lipinski definition) is 3. The summed E-state index contributed by atoms with van der Waals surface area (Å²) in [4.78, 5) is 23.2. The van der Waals surface area contributed by atoms with Crippen LogP contribution in [0.1, 0.15) is 27.2 Å². The molecule has 2 aromatic carbocycles. The molecule has 1 N–H and O–H groups in total. The number of nitrogens with zero attached hydrogens (tertiary/aromatic N) is 1. The molecule has 0 aliphatic rings. The minimum Gasteiger partial charge on any atom is -0.478 e. The summed E-state index contributed by atoms with van der Waals surface area (Å²) < 4.78 is 6.86. The third-order valence-electron chi connectivity index (χ3n) is 4.48. The lowest BCUT2D eigenvalue weighted by Crippen LogP contribution is -2.07. The fraction of sp³-hybridized carbons (Fsp3) is 0.200. The van der Waals surface area contributed by atoms with E-state index in [0.29, 0.717) is 11.6 Å². The number of benzene rings is 2. The topological polar surface area (TPSA) is 68.5 Å². The molecule has 0 aliphatic carbocycles. The Labute approximate surface area is 155 Å². The summed E-state index contributed by atoms with van der Waals surface area (Å²) in [5.74, 6) is -1.37. The molecule has 0 spiro atoms. The molecule has 0 fully saturated rings. The summed E-state index contributed by atoms with van der Waals surface area (Å²) in [5, 5.41) is 10.7. The van der Waals surface area contributed by atoms with Crippen LogP contribution in [0.5, 0.6) is 0 Å². The van der Waals surface area contributed by atoms with E-state index in [9.17, 15) is 14.7 Å². The Morgan fingerprint density at radius 1 is 1.19 bits per heavy atom. The van der Waals surface area contributed by atoms with Gasteiger partial charge < -0.3 is 14.4 Å². The van der Waals surface area contributed by atoms with Crippen LogP contribution in [-0.4, -0.2) is 28.7 Å². The molecule has 0 amide bonds.